The number of carbonyl (C=O) groups is 2. The minimum absolute atomic E-state index is 0.0158. The Balaban J connectivity index is 1.95. The Morgan fingerprint density at radius 1 is 1.00 bits per heavy atom. The van der Waals surface area contributed by atoms with Gasteiger partial charge >= 0.3 is 5.97 Å². The van der Waals surface area contributed by atoms with Crippen LogP contribution in [-0.4, -0.2) is 29.7 Å². The Kier molecular flexibility index (Phi) is 9.04. The number of hydrogen-bond acceptors (Lipinski definition) is 5. The Labute approximate surface area is 171 Å². The molecule has 5 nitrogen and oxygen atoms in total. The second-order valence-electron chi connectivity index (χ2n) is 6.93. The average molecular weight is 401 g/mol. The van der Waals surface area contributed by atoms with Gasteiger partial charge in [-0.2, -0.15) is 11.8 Å². The van der Waals surface area contributed by atoms with Crippen molar-refractivity contribution in [1.82, 2.24) is 5.32 Å². The molecule has 0 aliphatic rings. The van der Waals surface area contributed by atoms with E-state index in [0.717, 1.165) is 16.9 Å². The first-order chi connectivity index (χ1) is 13.5. The Bertz CT molecular complexity index is 738. The van der Waals surface area contributed by atoms with Crippen molar-refractivity contribution in [3.8, 4) is 0 Å². The van der Waals surface area contributed by atoms with Crippen molar-refractivity contribution in [3.63, 3.8) is 0 Å². The van der Waals surface area contributed by atoms with Crippen LogP contribution in [0.2, 0.25) is 0 Å². The smallest absolute Gasteiger partial charge is 0.329 e. The van der Waals surface area contributed by atoms with Crippen LogP contribution >= 0.6 is 11.8 Å². The first-order valence-electron chi connectivity index (χ1n) is 9.35. The summed E-state index contributed by atoms with van der Waals surface area (Å²) in [5.41, 5.74) is 7.98. The molecule has 0 saturated heterocycles. The van der Waals surface area contributed by atoms with Gasteiger partial charge in [0.15, 0.2) is 0 Å². The van der Waals surface area contributed by atoms with Gasteiger partial charge in [-0.15, -0.1) is 0 Å². The van der Waals surface area contributed by atoms with Crippen molar-refractivity contribution in [1.29, 1.82) is 0 Å². The molecule has 1 amide bonds. The van der Waals surface area contributed by atoms with E-state index in [1.807, 2.05) is 74.5 Å². The quantitative estimate of drug-likeness (QED) is 0.599. The van der Waals surface area contributed by atoms with Gasteiger partial charge in [-0.25, -0.2) is 4.79 Å². The molecule has 3 N–H and O–H groups in total. The molecule has 0 heterocycles. The fourth-order valence-electron chi connectivity index (χ4n) is 2.44. The van der Waals surface area contributed by atoms with Gasteiger partial charge in [0.1, 0.15) is 12.6 Å². The number of thioether (sulfide) groups is 1. The number of amides is 1. The zero-order chi connectivity index (χ0) is 20.4. The van der Waals surface area contributed by atoms with Crippen LogP contribution in [0, 0.1) is 5.92 Å². The predicted octanol–water partition coefficient (Wildman–Crippen LogP) is 3.13. The number of esters is 1. The number of ether oxygens (including phenoxy) is 1. The summed E-state index contributed by atoms with van der Waals surface area (Å²) in [6.45, 7) is 3.92. The van der Waals surface area contributed by atoms with Crippen LogP contribution in [0.4, 0.5) is 0 Å². The third-order valence-corrected chi connectivity index (χ3v) is 5.35. The van der Waals surface area contributed by atoms with Gasteiger partial charge in [-0.1, -0.05) is 74.5 Å². The first-order valence-corrected chi connectivity index (χ1v) is 10.5. The molecular weight excluding hydrogens is 372 g/mol. The molecule has 2 unspecified atom stereocenters. The summed E-state index contributed by atoms with van der Waals surface area (Å²) in [7, 11) is 0. The molecule has 6 heteroatoms. The standard InChI is InChI=1S/C22H28N2O3S/c1-16(2)20(23)21(25)24-19(15-28-14-18-11-7-4-8-12-18)22(26)27-13-17-9-5-3-6-10-17/h3-12,16,19-20H,13-15,23H2,1-2H3,(H,24,25). The second-order valence-corrected chi connectivity index (χ2v) is 7.96. The number of carbonyl (C=O) groups excluding carboxylic acids is 2. The lowest BCUT2D eigenvalue weighted by atomic mass is 10.0. The number of benzene rings is 2. The van der Waals surface area contributed by atoms with Crippen LogP contribution in [0.15, 0.2) is 60.7 Å². The van der Waals surface area contributed by atoms with Gasteiger partial charge in [-0.05, 0) is 17.0 Å². The normalized spacial score (nSPS) is 13.0. The summed E-state index contributed by atoms with van der Waals surface area (Å²) in [5.74, 6) is 0.359. The molecular formula is C22H28N2O3S. The van der Waals surface area contributed by atoms with E-state index >= 15 is 0 Å². The summed E-state index contributed by atoms with van der Waals surface area (Å²) < 4.78 is 5.43. The molecule has 0 aliphatic heterocycles. The molecule has 2 rings (SSSR count). The number of nitrogens with two attached hydrogens (primary N) is 1. The monoisotopic (exact) mass is 400 g/mol. The van der Waals surface area contributed by atoms with Crippen LogP contribution < -0.4 is 11.1 Å². The largest absolute Gasteiger partial charge is 0.459 e. The third-order valence-electron chi connectivity index (χ3n) is 4.24. The highest BCUT2D eigenvalue weighted by Gasteiger charge is 2.26. The fraction of sp³-hybridized carbons (Fsp3) is 0.364. The van der Waals surface area contributed by atoms with Gasteiger partial charge in [-0.3, -0.25) is 4.79 Å². The summed E-state index contributed by atoms with van der Waals surface area (Å²) >= 11 is 1.57. The maximum absolute atomic E-state index is 12.6. The fourth-order valence-corrected chi connectivity index (χ4v) is 3.44. The lowest BCUT2D eigenvalue weighted by Crippen LogP contribution is -2.51. The Hall–Kier alpha value is -2.31. The van der Waals surface area contributed by atoms with E-state index in [1.165, 1.54) is 0 Å². The summed E-state index contributed by atoms with van der Waals surface area (Å²) in [6, 6.07) is 18.0. The lowest BCUT2D eigenvalue weighted by molar-refractivity contribution is -0.148. The van der Waals surface area contributed by atoms with Gasteiger partial charge in [0, 0.05) is 11.5 Å². The van der Waals surface area contributed by atoms with Crippen LogP contribution in [0.3, 0.4) is 0 Å². The molecule has 0 aromatic heterocycles. The second kappa shape index (κ2) is 11.5. The van der Waals surface area contributed by atoms with Crippen LogP contribution in [-0.2, 0) is 26.7 Å². The van der Waals surface area contributed by atoms with E-state index in [0.29, 0.717) is 5.75 Å². The van der Waals surface area contributed by atoms with Crippen molar-refractivity contribution in [2.24, 2.45) is 11.7 Å². The van der Waals surface area contributed by atoms with Gasteiger partial charge in [0.05, 0.1) is 6.04 Å². The zero-order valence-corrected chi connectivity index (χ0v) is 17.2. The molecule has 2 aromatic rings. The molecule has 150 valence electrons. The summed E-state index contributed by atoms with van der Waals surface area (Å²) in [5, 5.41) is 2.76. The first kappa shape index (κ1) is 22.0. The van der Waals surface area contributed by atoms with E-state index in [1.54, 1.807) is 11.8 Å². The Morgan fingerprint density at radius 3 is 2.14 bits per heavy atom. The van der Waals surface area contributed by atoms with Crippen LogP contribution in [0.5, 0.6) is 0 Å². The maximum atomic E-state index is 12.6. The highest BCUT2D eigenvalue weighted by atomic mass is 32.2. The van der Waals surface area contributed by atoms with Crippen molar-refractivity contribution in [2.45, 2.75) is 38.3 Å². The highest BCUT2D eigenvalue weighted by molar-refractivity contribution is 7.98. The van der Waals surface area contributed by atoms with Crippen LogP contribution in [0.25, 0.3) is 0 Å². The number of rotatable bonds is 10. The molecule has 0 radical (unpaired) electrons. The topological polar surface area (TPSA) is 81.4 Å². The highest BCUT2D eigenvalue weighted by Crippen LogP contribution is 2.14. The van der Waals surface area contributed by atoms with Crippen molar-refractivity contribution in [3.05, 3.63) is 71.8 Å². The van der Waals surface area contributed by atoms with E-state index in [2.05, 4.69) is 5.32 Å². The molecule has 2 atom stereocenters. The minimum atomic E-state index is -0.741. The van der Waals surface area contributed by atoms with Gasteiger partial charge in [0.2, 0.25) is 5.91 Å². The maximum Gasteiger partial charge on any atom is 0.329 e. The van der Waals surface area contributed by atoms with Gasteiger partial charge < -0.3 is 15.8 Å². The molecule has 0 fully saturated rings. The summed E-state index contributed by atoms with van der Waals surface area (Å²) in [4.78, 5) is 24.9. The summed E-state index contributed by atoms with van der Waals surface area (Å²) in [6.07, 6.45) is 0. The average Bonchev–Trinajstić information content (AvgIpc) is 2.72. The van der Waals surface area contributed by atoms with Crippen LogP contribution in [0.1, 0.15) is 25.0 Å². The SMILES string of the molecule is CC(C)C(N)C(=O)NC(CSCc1ccccc1)C(=O)OCc1ccccc1. The molecule has 0 bridgehead atoms. The lowest BCUT2D eigenvalue weighted by Gasteiger charge is -2.21. The predicted molar refractivity (Wildman–Crippen MR) is 114 cm³/mol. The molecule has 0 saturated carbocycles. The third kappa shape index (κ3) is 7.37. The zero-order valence-electron chi connectivity index (χ0n) is 16.3. The van der Waals surface area contributed by atoms with Crippen molar-refractivity contribution >= 4 is 23.6 Å². The number of hydrogen-bond donors (Lipinski definition) is 2. The van der Waals surface area contributed by atoms with E-state index < -0.39 is 18.1 Å². The molecule has 0 aliphatic carbocycles. The Morgan fingerprint density at radius 2 is 1.57 bits per heavy atom. The van der Waals surface area contributed by atoms with E-state index in [4.69, 9.17) is 10.5 Å². The molecule has 28 heavy (non-hydrogen) atoms. The van der Waals surface area contributed by atoms with Crippen molar-refractivity contribution in [2.75, 3.05) is 5.75 Å². The van der Waals surface area contributed by atoms with Crippen molar-refractivity contribution < 1.29 is 14.3 Å². The molecule has 2 aromatic carbocycles. The van der Waals surface area contributed by atoms with E-state index in [-0.39, 0.29) is 18.4 Å². The van der Waals surface area contributed by atoms with Gasteiger partial charge in [0.25, 0.3) is 0 Å². The number of nitrogens with one attached hydrogen (secondary N) is 1. The van der Waals surface area contributed by atoms with E-state index in [9.17, 15) is 9.59 Å². The molecule has 0 spiro atoms. The minimum Gasteiger partial charge on any atom is -0.459 e.